The molecule has 0 unspecified atom stereocenters. The van der Waals surface area contributed by atoms with Crippen molar-refractivity contribution in [3.8, 4) is 0 Å². The summed E-state index contributed by atoms with van der Waals surface area (Å²) in [6.45, 7) is 0. The molecule has 3 saturated carbocycles. The van der Waals surface area contributed by atoms with Gasteiger partial charge in [-0.1, -0.05) is 12.8 Å². The number of ether oxygens (including phenoxy) is 1. The minimum Gasteiger partial charge on any atom is -0.445 e. The number of amides is 1. The molecule has 0 saturated heterocycles. The fraction of sp³-hybridized carbons (Fsp3) is 0.778. The number of anilines is 1. The minimum absolute atomic E-state index is 0.0103. The van der Waals surface area contributed by atoms with E-state index in [-0.39, 0.29) is 30.3 Å². The summed E-state index contributed by atoms with van der Waals surface area (Å²) < 4.78 is 73.7. The first-order chi connectivity index (χ1) is 13.0. The second-order valence-corrected chi connectivity index (χ2v) is 8.21. The highest BCUT2D eigenvalue weighted by molar-refractivity contribution is 5.85. The van der Waals surface area contributed by atoms with Crippen molar-refractivity contribution in [2.45, 2.75) is 80.9 Å². The number of carbonyl (C=O) groups excluding carboxylic acids is 1. The maximum atomic E-state index is 13.9. The van der Waals surface area contributed by atoms with Gasteiger partial charge < -0.3 is 4.74 Å². The first-order valence-electron chi connectivity index (χ1n) is 9.52. The van der Waals surface area contributed by atoms with Gasteiger partial charge in [0.15, 0.2) is 0 Å². The highest BCUT2D eigenvalue weighted by Gasteiger charge is 2.62. The third-order valence-electron chi connectivity index (χ3n) is 6.35. The van der Waals surface area contributed by atoms with Crippen LogP contribution >= 0.6 is 0 Å². The lowest BCUT2D eigenvalue weighted by atomic mass is 9.63. The van der Waals surface area contributed by atoms with Crippen LogP contribution in [0.25, 0.3) is 0 Å². The Morgan fingerprint density at radius 3 is 2.29 bits per heavy atom. The molecule has 156 valence electrons. The van der Waals surface area contributed by atoms with Gasteiger partial charge in [0.05, 0.1) is 5.69 Å². The number of hydrogen-bond donors (Lipinski definition) is 1. The van der Waals surface area contributed by atoms with Crippen molar-refractivity contribution in [2.24, 2.45) is 7.05 Å². The molecule has 1 aromatic rings. The van der Waals surface area contributed by atoms with E-state index in [2.05, 4.69) is 10.4 Å². The van der Waals surface area contributed by atoms with Gasteiger partial charge in [-0.05, 0) is 31.6 Å². The molecule has 1 N–H and O–H groups in total. The Hall–Kier alpha value is -1.87. The van der Waals surface area contributed by atoms with Gasteiger partial charge in [-0.3, -0.25) is 10.00 Å². The number of halogens is 5. The molecule has 3 fully saturated rings. The van der Waals surface area contributed by atoms with Crippen LogP contribution < -0.4 is 5.32 Å². The molecule has 28 heavy (non-hydrogen) atoms. The Morgan fingerprint density at radius 2 is 1.86 bits per heavy atom. The van der Waals surface area contributed by atoms with E-state index >= 15 is 0 Å². The highest BCUT2D eigenvalue weighted by Crippen LogP contribution is 2.57. The van der Waals surface area contributed by atoms with Crippen LogP contribution in [0, 0.1) is 0 Å². The molecule has 0 aromatic carbocycles. The summed E-state index contributed by atoms with van der Waals surface area (Å²) >= 11 is 0. The first kappa shape index (κ1) is 19.4. The van der Waals surface area contributed by atoms with Crippen LogP contribution in [0.4, 0.5) is 32.6 Å². The Morgan fingerprint density at radius 1 is 1.21 bits per heavy atom. The average Bonchev–Trinajstić information content (AvgIpc) is 2.70. The molecule has 3 aliphatic carbocycles. The quantitative estimate of drug-likeness (QED) is 0.714. The Labute approximate surface area is 158 Å². The molecule has 1 amide bonds. The molecule has 10 heteroatoms. The maximum absolute atomic E-state index is 13.9. The number of rotatable bonds is 4. The van der Waals surface area contributed by atoms with E-state index in [9.17, 15) is 26.7 Å². The number of alkyl halides is 5. The number of carbonyl (C=O) groups is 1. The molecule has 0 bridgehead atoms. The van der Waals surface area contributed by atoms with Crippen LogP contribution in [-0.4, -0.2) is 34.1 Å². The lowest BCUT2D eigenvalue weighted by molar-refractivity contribution is -0.214. The van der Waals surface area contributed by atoms with E-state index in [4.69, 9.17) is 4.74 Å². The molecule has 0 radical (unpaired) electrons. The summed E-state index contributed by atoms with van der Waals surface area (Å²) in [5.41, 5.74) is -1.57. The number of nitrogens with one attached hydrogen (secondary N) is 1. The van der Waals surface area contributed by atoms with Gasteiger partial charge >= 0.3 is 12.3 Å². The van der Waals surface area contributed by atoms with Crippen LogP contribution in [-0.2, 0) is 17.2 Å². The van der Waals surface area contributed by atoms with E-state index in [0.29, 0.717) is 12.0 Å². The zero-order valence-electron chi connectivity index (χ0n) is 15.4. The Kier molecular flexibility index (Phi) is 4.39. The lowest BCUT2D eigenvalue weighted by Gasteiger charge is -2.43. The van der Waals surface area contributed by atoms with Crippen molar-refractivity contribution < 1.29 is 31.5 Å². The smallest absolute Gasteiger partial charge is 0.413 e. The summed E-state index contributed by atoms with van der Waals surface area (Å²) in [5, 5.41) is 6.64. The van der Waals surface area contributed by atoms with Crippen LogP contribution in [0.5, 0.6) is 0 Å². The lowest BCUT2D eigenvalue weighted by Crippen LogP contribution is -2.49. The molecule has 1 heterocycles. The van der Waals surface area contributed by atoms with Gasteiger partial charge in [-0.2, -0.15) is 18.3 Å². The van der Waals surface area contributed by atoms with Crippen LogP contribution in [0.1, 0.15) is 68.5 Å². The summed E-state index contributed by atoms with van der Waals surface area (Å²) in [7, 11) is 1.47. The van der Waals surface area contributed by atoms with Gasteiger partial charge in [0.1, 0.15) is 17.3 Å². The van der Waals surface area contributed by atoms with Crippen LogP contribution in [0.3, 0.4) is 0 Å². The van der Waals surface area contributed by atoms with Gasteiger partial charge in [0.2, 0.25) is 0 Å². The molecule has 1 aromatic heterocycles. The van der Waals surface area contributed by atoms with Gasteiger partial charge in [-0.25, -0.2) is 13.6 Å². The number of aromatic nitrogens is 2. The van der Waals surface area contributed by atoms with Crippen molar-refractivity contribution in [3.63, 3.8) is 0 Å². The Balaban J connectivity index is 1.61. The van der Waals surface area contributed by atoms with Crippen LogP contribution in [0.2, 0.25) is 0 Å². The Bertz CT molecular complexity index is 773. The fourth-order valence-corrected chi connectivity index (χ4v) is 4.28. The van der Waals surface area contributed by atoms with Crippen molar-refractivity contribution in [1.29, 1.82) is 0 Å². The zero-order chi connectivity index (χ0) is 20.3. The number of nitrogens with zero attached hydrogens (tertiary/aromatic N) is 2. The predicted molar refractivity (Wildman–Crippen MR) is 89.5 cm³/mol. The normalized spacial score (nSPS) is 24.1. The summed E-state index contributed by atoms with van der Waals surface area (Å²) in [4.78, 5) is 12.2. The van der Waals surface area contributed by atoms with E-state index in [1.807, 2.05) is 0 Å². The average molecular weight is 407 g/mol. The standard InChI is InChI=1S/C18H22F5N3O2/c1-26-14(24-15(27)28-11-8-17(19,20)9-11)12(10-4-2-5-10)13(25-26)16(6-3-7-16)18(21,22)23/h10-11H,2-9H2,1H3,(H,24,27). The second-order valence-electron chi connectivity index (χ2n) is 8.21. The third-order valence-corrected chi connectivity index (χ3v) is 6.35. The van der Waals surface area contributed by atoms with Crippen molar-refractivity contribution in [1.82, 2.24) is 9.78 Å². The van der Waals surface area contributed by atoms with Gasteiger partial charge in [0.25, 0.3) is 5.92 Å². The van der Waals surface area contributed by atoms with Gasteiger partial charge in [-0.15, -0.1) is 0 Å². The first-order valence-corrected chi connectivity index (χ1v) is 9.52. The monoisotopic (exact) mass is 407 g/mol. The zero-order valence-corrected chi connectivity index (χ0v) is 15.4. The maximum Gasteiger partial charge on any atom is 0.413 e. The number of hydrogen-bond acceptors (Lipinski definition) is 3. The predicted octanol–water partition coefficient (Wildman–Crippen LogP) is 5.02. The third kappa shape index (κ3) is 3.04. The molecule has 5 nitrogen and oxygen atoms in total. The van der Waals surface area contributed by atoms with E-state index < -0.39 is 42.6 Å². The molecule has 3 aliphatic rings. The minimum atomic E-state index is -4.42. The molecule has 0 atom stereocenters. The SMILES string of the molecule is Cn1nc(C2(C(F)(F)F)CCC2)c(C2CCC2)c1NC(=O)OC1CC(F)(F)C1. The largest absolute Gasteiger partial charge is 0.445 e. The topological polar surface area (TPSA) is 56.2 Å². The van der Waals surface area contributed by atoms with E-state index in [1.54, 1.807) is 0 Å². The molecule has 0 aliphatic heterocycles. The van der Waals surface area contributed by atoms with E-state index in [1.165, 1.54) is 11.7 Å². The van der Waals surface area contributed by atoms with Crippen molar-refractivity contribution in [2.75, 3.05) is 5.32 Å². The molecule has 4 rings (SSSR count). The summed E-state index contributed by atoms with van der Waals surface area (Å²) in [6, 6.07) is 0. The molecular formula is C18H22F5N3O2. The van der Waals surface area contributed by atoms with E-state index in [0.717, 1.165) is 19.3 Å². The fourth-order valence-electron chi connectivity index (χ4n) is 4.28. The van der Waals surface area contributed by atoms with Crippen LogP contribution in [0.15, 0.2) is 0 Å². The number of aryl methyl sites for hydroxylation is 1. The van der Waals surface area contributed by atoms with Crippen molar-refractivity contribution >= 4 is 11.9 Å². The van der Waals surface area contributed by atoms with Gasteiger partial charge in [0, 0.05) is 25.5 Å². The van der Waals surface area contributed by atoms with Crippen molar-refractivity contribution in [3.05, 3.63) is 11.3 Å². The highest BCUT2D eigenvalue weighted by atomic mass is 19.4. The second kappa shape index (κ2) is 6.32. The summed E-state index contributed by atoms with van der Waals surface area (Å²) in [5.74, 6) is -2.76. The molecule has 0 spiro atoms. The summed E-state index contributed by atoms with van der Waals surface area (Å²) in [6.07, 6.45) is -4.53. The molecular weight excluding hydrogens is 385 g/mol.